The Morgan fingerprint density at radius 1 is 1.28 bits per heavy atom. The second kappa shape index (κ2) is 5.31. The largest absolute Gasteiger partial charge is 0.370 e. The van der Waals surface area contributed by atoms with Gasteiger partial charge in [-0.25, -0.2) is 0 Å². The predicted octanol–water partition coefficient (Wildman–Crippen LogP) is 2.83. The number of rotatable bonds is 2. The molecule has 0 aromatic heterocycles. The van der Waals surface area contributed by atoms with Gasteiger partial charge in [0.05, 0.1) is 0 Å². The van der Waals surface area contributed by atoms with Crippen LogP contribution < -0.4 is 10.2 Å². The zero-order chi connectivity index (χ0) is 12.4. The lowest BCUT2D eigenvalue weighted by molar-refractivity contribution is 0.300. The minimum Gasteiger partial charge on any atom is -0.370 e. The first kappa shape index (κ1) is 12.0. The number of hydrogen-bond acceptors (Lipinski definition) is 2. The average Bonchev–Trinajstić information content (AvgIpc) is 2.42. The number of fused-ring (bicyclic) bond motifs is 1. The second-order valence-electron chi connectivity index (χ2n) is 5.86. The van der Waals surface area contributed by atoms with Gasteiger partial charge < -0.3 is 10.2 Å². The molecule has 2 nitrogen and oxygen atoms in total. The summed E-state index contributed by atoms with van der Waals surface area (Å²) < 4.78 is 0. The Hall–Kier alpha value is -1.02. The number of piperidine rings is 1. The number of hydrogen-bond donors (Lipinski definition) is 1. The molecule has 2 heteroatoms. The van der Waals surface area contributed by atoms with Crippen LogP contribution in [-0.2, 0) is 6.42 Å². The first-order chi connectivity index (χ1) is 8.84. The number of nitrogens with zero attached hydrogens (tertiary/aromatic N) is 1. The van der Waals surface area contributed by atoms with Crippen LogP contribution in [0.2, 0.25) is 0 Å². The van der Waals surface area contributed by atoms with Gasteiger partial charge in [0.1, 0.15) is 0 Å². The monoisotopic (exact) mass is 244 g/mol. The molecule has 98 valence electrons. The predicted molar refractivity (Wildman–Crippen MR) is 77.2 cm³/mol. The molecular weight excluding hydrogens is 220 g/mol. The minimum absolute atomic E-state index is 0.671. The SMILES string of the molecule is CC1CCCNC1CN1CCCc2ccccc21. The molecule has 2 aliphatic heterocycles. The lowest BCUT2D eigenvalue weighted by Crippen LogP contribution is -2.49. The maximum absolute atomic E-state index is 3.71. The highest BCUT2D eigenvalue weighted by molar-refractivity contribution is 5.55. The Bertz CT molecular complexity index is 402. The first-order valence-corrected chi connectivity index (χ1v) is 7.41. The van der Waals surface area contributed by atoms with Gasteiger partial charge >= 0.3 is 0 Å². The van der Waals surface area contributed by atoms with Crippen molar-refractivity contribution in [2.24, 2.45) is 5.92 Å². The van der Waals surface area contributed by atoms with Crippen LogP contribution in [0.15, 0.2) is 24.3 Å². The molecule has 0 bridgehead atoms. The zero-order valence-electron chi connectivity index (χ0n) is 11.4. The van der Waals surface area contributed by atoms with Crippen LogP contribution in [0.5, 0.6) is 0 Å². The molecule has 0 spiro atoms. The second-order valence-corrected chi connectivity index (χ2v) is 5.86. The third kappa shape index (κ3) is 2.39. The van der Waals surface area contributed by atoms with Crippen LogP contribution in [0.1, 0.15) is 31.7 Å². The highest BCUT2D eigenvalue weighted by Gasteiger charge is 2.25. The van der Waals surface area contributed by atoms with E-state index in [-0.39, 0.29) is 0 Å². The van der Waals surface area contributed by atoms with Crippen LogP contribution in [0.25, 0.3) is 0 Å². The van der Waals surface area contributed by atoms with Gasteiger partial charge in [-0.3, -0.25) is 0 Å². The Balaban J connectivity index is 1.73. The Morgan fingerprint density at radius 2 is 2.17 bits per heavy atom. The highest BCUT2D eigenvalue weighted by Crippen LogP contribution is 2.28. The molecule has 2 aliphatic rings. The van der Waals surface area contributed by atoms with Gasteiger partial charge in [-0.2, -0.15) is 0 Å². The van der Waals surface area contributed by atoms with Crippen LogP contribution >= 0.6 is 0 Å². The highest BCUT2D eigenvalue weighted by atomic mass is 15.2. The molecule has 1 aromatic carbocycles. The van der Waals surface area contributed by atoms with Crippen molar-refractivity contribution in [3.8, 4) is 0 Å². The minimum atomic E-state index is 0.671. The van der Waals surface area contributed by atoms with Crippen molar-refractivity contribution >= 4 is 5.69 Å². The summed E-state index contributed by atoms with van der Waals surface area (Å²) in [5.74, 6) is 0.813. The Labute approximate surface area is 110 Å². The van der Waals surface area contributed by atoms with Crippen molar-refractivity contribution < 1.29 is 0 Å². The van der Waals surface area contributed by atoms with E-state index in [0.717, 1.165) is 5.92 Å². The van der Waals surface area contributed by atoms with Crippen LogP contribution in [0.3, 0.4) is 0 Å². The van der Waals surface area contributed by atoms with Gasteiger partial charge in [0.25, 0.3) is 0 Å². The van der Waals surface area contributed by atoms with Gasteiger partial charge in [0, 0.05) is 24.8 Å². The van der Waals surface area contributed by atoms with Gasteiger partial charge in [-0.15, -0.1) is 0 Å². The van der Waals surface area contributed by atoms with Gasteiger partial charge in [0.2, 0.25) is 0 Å². The van der Waals surface area contributed by atoms with E-state index in [1.54, 1.807) is 0 Å². The molecule has 2 heterocycles. The molecule has 1 aromatic rings. The fourth-order valence-electron chi connectivity index (χ4n) is 3.40. The Morgan fingerprint density at radius 3 is 3.06 bits per heavy atom. The summed E-state index contributed by atoms with van der Waals surface area (Å²) >= 11 is 0. The molecule has 0 saturated carbocycles. The van der Waals surface area contributed by atoms with Crippen molar-refractivity contribution in [3.63, 3.8) is 0 Å². The fraction of sp³-hybridized carbons (Fsp3) is 0.625. The molecule has 2 unspecified atom stereocenters. The summed E-state index contributed by atoms with van der Waals surface area (Å²) in [7, 11) is 0. The molecule has 1 N–H and O–H groups in total. The van der Waals surface area contributed by atoms with E-state index in [2.05, 4.69) is 41.4 Å². The summed E-state index contributed by atoms with van der Waals surface area (Å²) in [6.07, 6.45) is 5.28. The number of aryl methyl sites for hydroxylation is 1. The molecule has 2 atom stereocenters. The third-order valence-corrected chi connectivity index (χ3v) is 4.55. The standard InChI is InChI=1S/C16H24N2/c1-13-6-4-10-17-15(13)12-18-11-5-8-14-7-2-3-9-16(14)18/h2-3,7,9,13,15,17H,4-6,8,10-12H2,1H3. The molecule has 1 saturated heterocycles. The van der Waals surface area contributed by atoms with Gasteiger partial charge in [0.15, 0.2) is 0 Å². The maximum atomic E-state index is 3.71. The quantitative estimate of drug-likeness (QED) is 0.860. The van der Waals surface area contributed by atoms with Crippen molar-refractivity contribution in [2.45, 2.75) is 38.6 Å². The molecular formula is C16H24N2. The molecule has 18 heavy (non-hydrogen) atoms. The lowest BCUT2D eigenvalue weighted by atomic mass is 9.91. The zero-order valence-corrected chi connectivity index (χ0v) is 11.4. The molecule has 0 radical (unpaired) electrons. The van der Waals surface area contributed by atoms with Crippen molar-refractivity contribution in [1.82, 2.24) is 5.32 Å². The fourth-order valence-corrected chi connectivity index (χ4v) is 3.40. The summed E-state index contributed by atoms with van der Waals surface area (Å²) in [6.45, 7) is 6.00. The maximum Gasteiger partial charge on any atom is 0.0399 e. The van der Waals surface area contributed by atoms with Crippen LogP contribution in [0.4, 0.5) is 5.69 Å². The van der Waals surface area contributed by atoms with Gasteiger partial charge in [-0.1, -0.05) is 25.1 Å². The van der Waals surface area contributed by atoms with E-state index >= 15 is 0 Å². The normalized spacial score (nSPS) is 27.9. The number of anilines is 1. The van der Waals surface area contributed by atoms with E-state index in [9.17, 15) is 0 Å². The van der Waals surface area contributed by atoms with Crippen molar-refractivity contribution in [1.29, 1.82) is 0 Å². The number of nitrogens with one attached hydrogen (secondary N) is 1. The summed E-state index contributed by atoms with van der Waals surface area (Å²) in [5, 5.41) is 3.71. The number of para-hydroxylation sites is 1. The van der Waals surface area contributed by atoms with E-state index < -0.39 is 0 Å². The lowest BCUT2D eigenvalue weighted by Gasteiger charge is -2.38. The summed E-state index contributed by atoms with van der Waals surface area (Å²) in [4.78, 5) is 2.60. The van der Waals surface area contributed by atoms with Crippen LogP contribution in [0, 0.1) is 5.92 Å². The van der Waals surface area contributed by atoms with E-state index in [1.807, 2.05) is 0 Å². The topological polar surface area (TPSA) is 15.3 Å². The average molecular weight is 244 g/mol. The first-order valence-electron chi connectivity index (χ1n) is 7.41. The summed E-state index contributed by atoms with van der Waals surface area (Å²) in [5.41, 5.74) is 3.01. The molecule has 0 aliphatic carbocycles. The van der Waals surface area contributed by atoms with Crippen LogP contribution in [-0.4, -0.2) is 25.7 Å². The van der Waals surface area contributed by atoms with Gasteiger partial charge in [-0.05, 0) is 49.8 Å². The third-order valence-electron chi connectivity index (χ3n) is 4.55. The molecule has 1 fully saturated rings. The van der Waals surface area contributed by atoms with Crippen molar-refractivity contribution in [2.75, 3.05) is 24.5 Å². The summed E-state index contributed by atoms with van der Waals surface area (Å²) in [6, 6.07) is 9.60. The van der Waals surface area contributed by atoms with E-state index in [1.165, 1.54) is 56.6 Å². The molecule has 0 amide bonds. The smallest absolute Gasteiger partial charge is 0.0399 e. The van der Waals surface area contributed by atoms with E-state index in [4.69, 9.17) is 0 Å². The number of benzene rings is 1. The molecule has 3 rings (SSSR count). The van der Waals surface area contributed by atoms with Crippen molar-refractivity contribution in [3.05, 3.63) is 29.8 Å². The Kier molecular flexibility index (Phi) is 3.55. The van der Waals surface area contributed by atoms with E-state index in [0.29, 0.717) is 6.04 Å².